The van der Waals surface area contributed by atoms with Crippen LogP contribution in [0.3, 0.4) is 0 Å². The highest BCUT2D eigenvalue weighted by atomic mass is 16.5. The summed E-state index contributed by atoms with van der Waals surface area (Å²) < 4.78 is 11.5. The Kier molecular flexibility index (Phi) is 4.41. The van der Waals surface area contributed by atoms with Crippen LogP contribution in [-0.2, 0) is 9.47 Å². The molecule has 3 rings (SSSR count). The SMILES string of the molecule is C=CCOC[C@@H]1CC[C@@H]2[C@H]1OCCN2C(=O)c1ccc[nH]1. The summed E-state index contributed by atoms with van der Waals surface area (Å²) in [5.41, 5.74) is 0.655. The summed E-state index contributed by atoms with van der Waals surface area (Å²) in [6, 6.07) is 3.85. The zero-order chi connectivity index (χ0) is 14.7. The molecular formula is C16H22N2O3. The van der Waals surface area contributed by atoms with Crippen molar-refractivity contribution in [1.82, 2.24) is 9.88 Å². The molecule has 114 valence electrons. The van der Waals surface area contributed by atoms with E-state index in [2.05, 4.69) is 11.6 Å². The van der Waals surface area contributed by atoms with Crippen LogP contribution in [0.15, 0.2) is 31.0 Å². The Hall–Kier alpha value is -1.59. The summed E-state index contributed by atoms with van der Waals surface area (Å²) in [7, 11) is 0. The molecular weight excluding hydrogens is 268 g/mol. The third-order valence-electron chi connectivity index (χ3n) is 4.38. The molecule has 0 aromatic carbocycles. The van der Waals surface area contributed by atoms with Gasteiger partial charge in [-0.1, -0.05) is 6.08 Å². The van der Waals surface area contributed by atoms with Crippen molar-refractivity contribution in [2.75, 3.05) is 26.4 Å². The molecule has 1 aromatic rings. The predicted octanol–water partition coefficient (Wildman–Crippen LogP) is 1.84. The highest BCUT2D eigenvalue weighted by molar-refractivity contribution is 5.92. The molecule has 1 aliphatic heterocycles. The Bertz CT molecular complexity index is 486. The van der Waals surface area contributed by atoms with Crippen LogP contribution in [0.4, 0.5) is 0 Å². The number of nitrogens with one attached hydrogen (secondary N) is 1. The van der Waals surface area contributed by atoms with E-state index in [1.165, 1.54) is 0 Å². The molecule has 1 saturated heterocycles. The molecule has 5 nitrogen and oxygen atoms in total. The van der Waals surface area contributed by atoms with Crippen molar-refractivity contribution in [1.29, 1.82) is 0 Å². The van der Waals surface area contributed by atoms with Crippen LogP contribution in [0.1, 0.15) is 23.3 Å². The average Bonchev–Trinajstić information content (AvgIpc) is 3.16. The van der Waals surface area contributed by atoms with E-state index in [-0.39, 0.29) is 18.1 Å². The second-order valence-corrected chi connectivity index (χ2v) is 5.65. The lowest BCUT2D eigenvalue weighted by atomic mass is 10.0. The van der Waals surface area contributed by atoms with Gasteiger partial charge < -0.3 is 19.4 Å². The zero-order valence-electron chi connectivity index (χ0n) is 12.2. The maximum atomic E-state index is 12.6. The Balaban J connectivity index is 1.66. The van der Waals surface area contributed by atoms with Gasteiger partial charge in [0.05, 0.1) is 32.0 Å². The maximum Gasteiger partial charge on any atom is 0.270 e. The molecule has 2 heterocycles. The van der Waals surface area contributed by atoms with Gasteiger partial charge in [-0.25, -0.2) is 0 Å². The van der Waals surface area contributed by atoms with Crippen LogP contribution in [0.5, 0.6) is 0 Å². The number of H-pyrrole nitrogens is 1. The average molecular weight is 290 g/mol. The molecule has 1 saturated carbocycles. The first-order valence-electron chi connectivity index (χ1n) is 7.56. The van der Waals surface area contributed by atoms with Crippen LogP contribution in [0, 0.1) is 5.92 Å². The van der Waals surface area contributed by atoms with Crippen LogP contribution in [-0.4, -0.2) is 54.3 Å². The minimum absolute atomic E-state index is 0.0750. The van der Waals surface area contributed by atoms with Gasteiger partial charge >= 0.3 is 0 Å². The number of carbonyl (C=O) groups is 1. The normalized spacial score (nSPS) is 28.4. The number of amides is 1. The minimum atomic E-state index is 0.0750. The topological polar surface area (TPSA) is 54.6 Å². The smallest absolute Gasteiger partial charge is 0.270 e. The molecule has 2 fully saturated rings. The van der Waals surface area contributed by atoms with Gasteiger partial charge in [-0.15, -0.1) is 6.58 Å². The molecule has 2 aliphatic rings. The van der Waals surface area contributed by atoms with Gasteiger partial charge in [-0.3, -0.25) is 4.79 Å². The number of ether oxygens (including phenoxy) is 2. The van der Waals surface area contributed by atoms with Crippen LogP contribution < -0.4 is 0 Å². The van der Waals surface area contributed by atoms with Crippen molar-refractivity contribution < 1.29 is 14.3 Å². The van der Waals surface area contributed by atoms with E-state index >= 15 is 0 Å². The molecule has 0 unspecified atom stereocenters. The van der Waals surface area contributed by atoms with Crippen LogP contribution >= 0.6 is 0 Å². The lowest BCUT2D eigenvalue weighted by Gasteiger charge is -2.39. The van der Waals surface area contributed by atoms with Crippen molar-refractivity contribution >= 4 is 5.91 Å². The summed E-state index contributed by atoms with van der Waals surface area (Å²) in [4.78, 5) is 17.5. The summed E-state index contributed by atoms with van der Waals surface area (Å²) in [5, 5.41) is 0. The van der Waals surface area contributed by atoms with Gasteiger partial charge in [0.15, 0.2) is 0 Å². The van der Waals surface area contributed by atoms with Crippen molar-refractivity contribution in [3.8, 4) is 0 Å². The zero-order valence-corrected chi connectivity index (χ0v) is 12.2. The summed E-state index contributed by atoms with van der Waals surface area (Å²) in [5.74, 6) is 0.445. The van der Waals surface area contributed by atoms with Gasteiger partial charge in [0.1, 0.15) is 5.69 Å². The summed E-state index contributed by atoms with van der Waals surface area (Å²) >= 11 is 0. The molecule has 1 aromatic heterocycles. The van der Waals surface area contributed by atoms with E-state index in [0.717, 1.165) is 12.8 Å². The molecule has 21 heavy (non-hydrogen) atoms. The van der Waals surface area contributed by atoms with Gasteiger partial charge in [-0.2, -0.15) is 0 Å². The first-order valence-corrected chi connectivity index (χ1v) is 7.56. The molecule has 1 aliphatic carbocycles. The molecule has 0 spiro atoms. The number of morpholine rings is 1. The lowest BCUT2D eigenvalue weighted by Crippen LogP contribution is -2.53. The number of carbonyl (C=O) groups excluding carboxylic acids is 1. The van der Waals surface area contributed by atoms with Gasteiger partial charge in [0.25, 0.3) is 5.91 Å². The van der Waals surface area contributed by atoms with E-state index < -0.39 is 0 Å². The molecule has 1 amide bonds. The minimum Gasteiger partial charge on any atom is -0.377 e. The Morgan fingerprint density at radius 3 is 3.24 bits per heavy atom. The van der Waals surface area contributed by atoms with Gasteiger partial charge in [-0.05, 0) is 25.0 Å². The molecule has 0 radical (unpaired) electrons. The molecule has 3 atom stereocenters. The van der Waals surface area contributed by atoms with Gasteiger partial charge in [0.2, 0.25) is 0 Å². The number of rotatable bonds is 5. The van der Waals surface area contributed by atoms with Crippen LogP contribution in [0.25, 0.3) is 0 Å². The Morgan fingerprint density at radius 1 is 1.57 bits per heavy atom. The number of aromatic amines is 1. The van der Waals surface area contributed by atoms with E-state index in [9.17, 15) is 4.79 Å². The number of hydrogen-bond acceptors (Lipinski definition) is 3. The fraction of sp³-hybridized carbons (Fsp3) is 0.562. The first kappa shape index (κ1) is 14.4. The third-order valence-corrected chi connectivity index (χ3v) is 4.38. The van der Waals surface area contributed by atoms with E-state index in [1.807, 2.05) is 17.0 Å². The first-order chi connectivity index (χ1) is 10.3. The number of hydrogen-bond donors (Lipinski definition) is 1. The molecule has 1 N–H and O–H groups in total. The van der Waals surface area contributed by atoms with Crippen LogP contribution in [0.2, 0.25) is 0 Å². The predicted molar refractivity (Wildman–Crippen MR) is 79.1 cm³/mol. The lowest BCUT2D eigenvalue weighted by molar-refractivity contribution is -0.0739. The van der Waals surface area contributed by atoms with Crippen molar-refractivity contribution in [3.63, 3.8) is 0 Å². The second-order valence-electron chi connectivity index (χ2n) is 5.65. The Labute approximate surface area is 124 Å². The van der Waals surface area contributed by atoms with E-state index in [4.69, 9.17) is 9.47 Å². The molecule has 5 heteroatoms. The number of aromatic nitrogens is 1. The number of fused-ring (bicyclic) bond motifs is 1. The van der Waals surface area contributed by atoms with E-state index in [0.29, 0.717) is 38.0 Å². The highest BCUT2D eigenvalue weighted by Crippen LogP contribution is 2.35. The fourth-order valence-corrected chi connectivity index (χ4v) is 3.41. The monoisotopic (exact) mass is 290 g/mol. The largest absolute Gasteiger partial charge is 0.377 e. The van der Waals surface area contributed by atoms with Crippen molar-refractivity contribution in [3.05, 3.63) is 36.7 Å². The van der Waals surface area contributed by atoms with Gasteiger partial charge in [0, 0.05) is 18.7 Å². The standard InChI is InChI=1S/C16H22N2O3/c1-2-9-20-11-12-5-6-14-15(12)21-10-8-18(14)16(19)13-4-3-7-17-13/h2-4,7,12,14-15,17H,1,5-6,8-11H2/t12-,14+,15-/m0/s1. The van der Waals surface area contributed by atoms with Crippen molar-refractivity contribution in [2.24, 2.45) is 5.92 Å². The summed E-state index contributed by atoms with van der Waals surface area (Å²) in [6.45, 7) is 6.17. The maximum absolute atomic E-state index is 12.6. The van der Waals surface area contributed by atoms with E-state index in [1.54, 1.807) is 12.3 Å². The van der Waals surface area contributed by atoms with Crippen molar-refractivity contribution in [2.45, 2.75) is 25.0 Å². The highest BCUT2D eigenvalue weighted by Gasteiger charge is 2.44. The second kappa shape index (κ2) is 6.45. The molecule has 0 bridgehead atoms. The summed E-state index contributed by atoms with van der Waals surface area (Å²) in [6.07, 6.45) is 5.67. The Morgan fingerprint density at radius 2 is 2.48 bits per heavy atom. The third kappa shape index (κ3) is 2.89. The fourth-order valence-electron chi connectivity index (χ4n) is 3.41. The number of nitrogens with zero attached hydrogens (tertiary/aromatic N) is 1. The quantitative estimate of drug-likeness (QED) is 0.665.